The Labute approximate surface area is 168 Å². The molecule has 7 heteroatoms. The summed E-state index contributed by atoms with van der Waals surface area (Å²) in [4.78, 5) is 19.3. The van der Waals surface area contributed by atoms with E-state index in [1.807, 2.05) is 18.7 Å². The predicted molar refractivity (Wildman–Crippen MR) is 107 cm³/mol. The molecule has 152 valence electrons. The van der Waals surface area contributed by atoms with Crippen molar-refractivity contribution in [1.29, 1.82) is 0 Å². The highest BCUT2D eigenvalue weighted by molar-refractivity contribution is 5.93. The Bertz CT molecular complexity index is 1060. The summed E-state index contributed by atoms with van der Waals surface area (Å²) in [6, 6.07) is 7.72. The van der Waals surface area contributed by atoms with Gasteiger partial charge in [0.15, 0.2) is 11.5 Å². The van der Waals surface area contributed by atoms with E-state index >= 15 is 4.39 Å². The Balaban J connectivity index is 1.82. The van der Waals surface area contributed by atoms with Crippen molar-refractivity contribution in [2.45, 2.75) is 52.0 Å². The van der Waals surface area contributed by atoms with Crippen molar-refractivity contribution in [2.75, 3.05) is 6.54 Å². The molecule has 2 aromatic heterocycles. The van der Waals surface area contributed by atoms with Crippen molar-refractivity contribution in [3.05, 3.63) is 53.4 Å². The van der Waals surface area contributed by atoms with Crippen LogP contribution < -0.4 is 0 Å². The number of fused-ring (bicyclic) bond motifs is 1. The Hall–Kier alpha value is -2.83. The minimum Gasteiger partial charge on any atom is -0.335 e. The number of hydrogen-bond donors (Lipinski definition) is 0. The molecule has 1 unspecified atom stereocenters. The molecule has 0 aliphatic carbocycles. The van der Waals surface area contributed by atoms with Crippen LogP contribution in [0.3, 0.4) is 0 Å². The number of carbonyl (C=O) groups is 1. The fourth-order valence-electron chi connectivity index (χ4n) is 3.96. The molecular weight excluding hydrogens is 374 g/mol. The smallest absolute Gasteiger partial charge is 0.272 e. The Kier molecular flexibility index (Phi) is 5.30. The summed E-state index contributed by atoms with van der Waals surface area (Å²) in [5, 5.41) is 4.27. The predicted octanol–water partition coefficient (Wildman–Crippen LogP) is 4.64. The molecule has 1 saturated heterocycles. The van der Waals surface area contributed by atoms with Crippen molar-refractivity contribution in [3.63, 3.8) is 0 Å². The minimum atomic E-state index is -0.719. The second-order valence-electron chi connectivity index (χ2n) is 7.56. The van der Waals surface area contributed by atoms with Crippen LogP contribution >= 0.6 is 0 Å². The van der Waals surface area contributed by atoms with Gasteiger partial charge in [-0.3, -0.25) is 4.79 Å². The SMILES string of the molecule is CCc1cc(C(=O)N2CCCCCC2C)nc2c(F)c(-c3ccccc3F)nn12. The summed E-state index contributed by atoms with van der Waals surface area (Å²) in [6.45, 7) is 4.62. The lowest BCUT2D eigenvalue weighted by Gasteiger charge is -2.27. The molecule has 1 amide bonds. The second-order valence-corrected chi connectivity index (χ2v) is 7.56. The van der Waals surface area contributed by atoms with E-state index in [4.69, 9.17) is 0 Å². The second kappa shape index (κ2) is 7.89. The van der Waals surface area contributed by atoms with Crippen LogP contribution in [0.5, 0.6) is 0 Å². The largest absolute Gasteiger partial charge is 0.335 e. The molecule has 3 aromatic rings. The summed E-state index contributed by atoms with van der Waals surface area (Å²) in [6.07, 6.45) is 4.64. The number of rotatable bonds is 3. The number of benzene rings is 1. The summed E-state index contributed by atoms with van der Waals surface area (Å²) < 4.78 is 30.8. The maximum atomic E-state index is 15.2. The van der Waals surface area contributed by atoms with Crippen LogP contribution in [-0.4, -0.2) is 38.0 Å². The third kappa shape index (κ3) is 3.50. The first kappa shape index (κ1) is 19.5. The van der Waals surface area contributed by atoms with Crippen LogP contribution in [0.1, 0.15) is 55.7 Å². The van der Waals surface area contributed by atoms with Gasteiger partial charge in [-0.05, 0) is 44.4 Å². The number of halogens is 2. The maximum absolute atomic E-state index is 15.2. The molecule has 3 heterocycles. The zero-order chi connectivity index (χ0) is 20.5. The molecule has 0 spiro atoms. The Morgan fingerprint density at radius 1 is 1.21 bits per heavy atom. The first-order valence-electron chi connectivity index (χ1n) is 10.1. The lowest BCUT2D eigenvalue weighted by molar-refractivity contribution is 0.0692. The van der Waals surface area contributed by atoms with Crippen LogP contribution in [-0.2, 0) is 6.42 Å². The molecule has 1 aromatic carbocycles. The Morgan fingerprint density at radius 2 is 2.00 bits per heavy atom. The van der Waals surface area contributed by atoms with E-state index in [0.29, 0.717) is 18.7 Å². The summed E-state index contributed by atoms with van der Waals surface area (Å²) in [7, 11) is 0. The van der Waals surface area contributed by atoms with Crippen molar-refractivity contribution < 1.29 is 13.6 Å². The molecule has 0 saturated carbocycles. The maximum Gasteiger partial charge on any atom is 0.272 e. The average molecular weight is 398 g/mol. The zero-order valence-corrected chi connectivity index (χ0v) is 16.7. The van der Waals surface area contributed by atoms with Gasteiger partial charge in [-0.1, -0.05) is 31.9 Å². The average Bonchev–Trinajstić information content (AvgIpc) is 2.90. The Morgan fingerprint density at radius 3 is 2.76 bits per heavy atom. The molecular formula is C22H24F2N4O. The van der Waals surface area contributed by atoms with E-state index in [1.165, 1.54) is 16.6 Å². The van der Waals surface area contributed by atoms with Gasteiger partial charge in [0.05, 0.1) is 0 Å². The monoisotopic (exact) mass is 398 g/mol. The molecule has 1 fully saturated rings. The van der Waals surface area contributed by atoms with E-state index in [0.717, 1.165) is 25.7 Å². The topological polar surface area (TPSA) is 50.5 Å². The highest BCUT2D eigenvalue weighted by Crippen LogP contribution is 2.27. The third-order valence-electron chi connectivity index (χ3n) is 5.63. The van der Waals surface area contributed by atoms with Gasteiger partial charge in [0.25, 0.3) is 5.91 Å². The van der Waals surface area contributed by atoms with Crippen molar-refractivity contribution >= 4 is 11.6 Å². The van der Waals surface area contributed by atoms with Crippen molar-refractivity contribution in [3.8, 4) is 11.3 Å². The van der Waals surface area contributed by atoms with Gasteiger partial charge < -0.3 is 4.90 Å². The minimum absolute atomic E-state index is 0.0478. The van der Waals surface area contributed by atoms with Gasteiger partial charge in [0, 0.05) is 23.8 Å². The van der Waals surface area contributed by atoms with Gasteiger partial charge >= 0.3 is 0 Å². The molecule has 1 aliphatic heterocycles. The first-order chi connectivity index (χ1) is 14.0. The van der Waals surface area contributed by atoms with Gasteiger partial charge in [0.2, 0.25) is 0 Å². The van der Waals surface area contributed by atoms with E-state index in [1.54, 1.807) is 18.2 Å². The normalized spacial score (nSPS) is 17.5. The fourth-order valence-corrected chi connectivity index (χ4v) is 3.96. The highest BCUT2D eigenvalue weighted by Gasteiger charge is 2.27. The van der Waals surface area contributed by atoms with Crippen LogP contribution in [0.2, 0.25) is 0 Å². The summed E-state index contributed by atoms with van der Waals surface area (Å²) in [5.41, 5.74) is 0.794. The lowest BCUT2D eigenvalue weighted by atomic mass is 10.1. The number of likely N-dealkylation sites (tertiary alicyclic amines) is 1. The molecule has 0 N–H and O–H groups in total. The number of aromatic nitrogens is 3. The van der Waals surface area contributed by atoms with E-state index in [2.05, 4.69) is 10.1 Å². The van der Waals surface area contributed by atoms with Crippen LogP contribution in [0.15, 0.2) is 30.3 Å². The van der Waals surface area contributed by atoms with E-state index < -0.39 is 11.6 Å². The van der Waals surface area contributed by atoms with Crippen molar-refractivity contribution in [2.24, 2.45) is 0 Å². The standard InChI is InChI=1S/C22H24F2N4O/c1-3-15-13-18(22(29)27-12-8-4-5-9-14(27)2)25-21-19(24)20(26-28(15)21)16-10-6-7-11-17(16)23/h6-7,10-11,13-14H,3-5,8-9,12H2,1-2H3. The molecule has 0 bridgehead atoms. The van der Waals surface area contributed by atoms with Crippen LogP contribution in [0, 0.1) is 11.6 Å². The number of carbonyl (C=O) groups excluding carboxylic acids is 1. The van der Waals surface area contributed by atoms with Gasteiger partial charge in [-0.15, -0.1) is 0 Å². The van der Waals surface area contributed by atoms with Gasteiger partial charge in [-0.25, -0.2) is 18.3 Å². The summed E-state index contributed by atoms with van der Waals surface area (Å²) >= 11 is 0. The molecule has 4 rings (SSSR count). The molecule has 0 radical (unpaired) electrons. The van der Waals surface area contributed by atoms with E-state index in [-0.39, 0.29) is 34.5 Å². The number of hydrogen-bond acceptors (Lipinski definition) is 3. The first-order valence-corrected chi connectivity index (χ1v) is 10.1. The van der Waals surface area contributed by atoms with E-state index in [9.17, 15) is 9.18 Å². The number of amides is 1. The number of nitrogens with zero attached hydrogens (tertiary/aromatic N) is 4. The lowest BCUT2D eigenvalue weighted by Crippen LogP contribution is -2.38. The third-order valence-corrected chi connectivity index (χ3v) is 5.63. The van der Waals surface area contributed by atoms with Crippen molar-refractivity contribution in [1.82, 2.24) is 19.5 Å². The highest BCUT2D eigenvalue weighted by atomic mass is 19.1. The number of aryl methyl sites for hydroxylation is 1. The summed E-state index contributed by atoms with van der Waals surface area (Å²) in [5.74, 6) is -1.46. The fraction of sp³-hybridized carbons (Fsp3) is 0.409. The van der Waals surface area contributed by atoms with Crippen LogP contribution in [0.4, 0.5) is 8.78 Å². The molecule has 29 heavy (non-hydrogen) atoms. The molecule has 1 aliphatic rings. The molecule has 5 nitrogen and oxygen atoms in total. The van der Waals surface area contributed by atoms with Gasteiger partial charge in [0.1, 0.15) is 17.2 Å². The molecule has 1 atom stereocenters. The zero-order valence-electron chi connectivity index (χ0n) is 16.7. The quantitative estimate of drug-likeness (QED) is 0.646. The van der Waals surface area contributed by atoms with Crippen LogP contribution in [0.25, 0.3) is 16.9 Å². The van der Waals surface area contributed by atoms with Gasteiger partial charge in [-0.2, -0.15) is 5.10 Å².